The van der Waals surface area contributed by atoms with Crippen molar-refractivity contribution >= 4 is 27.4 Å². The standard InChI is InChI=1S/C16H17N3OS/c1-3-12-9-13-14(17)18-15(19-16(13)21-12)10-6-5-7-11(8-10)20-4-2/h5-9H,3-4H2,1-2H3,(H2,17,18,19). The largest absolute Gasteiger partial charge is 0.494 e. The van der Waals surface area contributed by atoms with Gasteiger partial charge in [-0.3, -0.25) is 0 Å². The Morgan fingerprint density at radius 2 is 2.05 bits per heavy atom. The van der Waals surface area contributed by atoms with E-state index in [4.69, 9.17) is 10.5 Å². The molecule has 0 unspecified atom stereocenters. The lowest BCUT2D eigenvalue weighted by Gasteiger charge is -2.06. The highest BCUT2D eigenvalue weighted by atomic mass is 32.1. The quantitative estimate of drug-likeness (QED) is 0.793. The average Bonchev–Trinajstić information content (AvgIpc) is 2.92. The topological polar surface area (TPSA) is 61.0 Å². The van der Waals surface area contributed by atoms with Gasteiger partial charge in [-0.2, -0.15) is 0 Å². The van der Waals surface area contributed by atoms with Crippen LogP contribution in [-0.4, -0.2) is 16.6 Å². The fraction of sp³-hybridized carbons (Fsp3) is 0.250. The van der Waals surface area contributed by atoms with Crippen molar-refractivity contribution < 1.29 is 4.74 Å². The van der Waals surface area contributed by atoms with Gasteiger partial charge in [0.2, 0.25) is 0 Å². The molecule has 0 saturated heterocycles. The van der Waals surface area contributed by atoms with Crippen LogP contribution in [0.5, 0.6) is 5.75 Å². The van der Waals surface area contributed by atoms with Crippen molar-refractivity contribution in [1.82, 2.24) is 9.97 Å². The summed E-state index contributed by atoms with van der Waals surface area (Å²) in [6, 6.07) is 9.86. The van der Waals surface area contributed by atoms with Crippen LogP contribution in [0.25, 0.3) is 21.6 Å². The molecular formula is C16H17N3OS. The molecule has 1 aromatic carbocycles. The van der Waals surface area contributed by atoms with E-state index in [1.165, 1.54) is 4.88 Å². The number of anilines is 1. The predicted molar refractivity (Wildman–Crippen MR) is 87.8 cm³/mol. The van der Waals surface area contributed by atoms with E-state index in [9.17, 15) is 0 Å². The van der Waals surface area contributed by atoms with Gasteiger partial charge < -0.3 is 10.5 Å². The second-order valence-corrected chi connectivity index (χ2v) is 5.79. The van der Waals surface area contributed by atoms with Crippen molar-refractivity contribution in [1.29, 1.82) is 0 Å². The van der Waals surface area contributed by atoms with Gasteiger partial charge in [0.05, 0.1) is 12.0 Å². The number of nitrogens with two attached hydrogens (primary N) is 1. The molecule has 2 aromatic heterocycles. The molecule has 4 nitrogen and oxygen atoms in total. The number of fused-ring (bicyclic) bond motifs is 1. The third-order valence-corrected chi connectivity index (χ3v) is 4.40. The van der Waals surface area contributed by atoms with Gasteiger partial charge in [-0.05, 0) is 31.5 Å². The van der Waals surface area contributed by atoms with Crippen LogP contribution in [-0.2, 0) is 6.42 Å². The van der Waals surface area contributed by atoms with Crippen molar-refractivity contribution in [3.05, 3.63) is 35.2 Å². The van der Waals surface area contributed by atoms with Crippen LogP contribution >= 0.6 is 11.3 Å². The Morgan fingerprint density at radius 1 is 1.19 bits per heavy atom. The first-order chi connectivity index (χ1) is 10.2. The van der Waals surface area contributed by atoms with Gasteiger partial charge in [0.1, 0.15) is 16.4 Å². The minimum atomic E-state index is 0.535. The van der Waals surface area contributed by atoms with Crippen LogP contribution in [0.4, 0.5) is 5.82 Å². The second kappa shape index (κ2) is 5.69. The van der Waals surface area contributed by atoms with Crippen LogP contribution < -0.4 is 10.5 Å². The second-order valence-electron chi connectivity index (χ2n) is 4.68. The summed E-state index contributed by atoms with van der Waals surface area (Å²) in [6.45, 7) is 4.72. The first kappa shape index (κ1) is 13.8. The number of ether oxygens (including phenoxy) is 1. The number of hydrogen-bond acceptors (Lipinski definition) is 5. The van der Waals surface area contributed by atoms with Crippen molar-refractivity contribution in [3.63, 3.8) is 0 Å². The molecule has 21 heavy (non-hydrogen) atoms. The van der Waals surface area contributed by atoms with E-state index < -0.39 is 0 Å². The molecule has 0 fully saturated rings. The van der Waals surface area contributed by atoms with Gasteiger partial charge in [-0.1, -0.05) is 19.1 Å². The van der Waals surface area contributed by atoms with E-state index in [0.717, 1.165) is 28.0 Å². The van der Waals surface area contributed by atoms with Crippen LogP contribution in [0, 0.1) is 0 Å². The normalized spacial score (nSPS) is 11.0. The van der Waals surface area contributed by atoms with E-state index in [1.54, 1.807) is 11.3 Å². The first-order valence-electron chi connectivity index (χ1n) is 7.00. The smallest absolute Gasteiger partial charge is 0.163 e. The molecule has 3 aromatic rings. The van der Waals surface area contributed by atoms with Crippen molar-refractivity contribution in [3.8, 4) is 17.1 Å². The summed E-state index contributed by atoms with van der Waals surface area (Å²) < 4.78 is 5.52. The van der Waals surface area contributed by atoms with Crippen LogP contribution in [0.2, 0.25) is 0 Å². The lowest BCUT2D eigenvalue weighted by Crippen LogP contribution is -1.97. The SMILES string of the molecule is CCOc1cccc(-c2nc(N)c3cc(CC)sc3n2)c1. The number of rotatable bonds is 4. The molecule has 3 rings (SSSR count). The Bertz CT molecular complexity index is 782. The molecule has 0 bridgehead atoms. The number of nitrogens with zero attached hydrogens (tertiary/aromatic N) is 2. The van der Waals surface area contributed by atoms with Gasteiger partial charge in [-0.15, -0.1) is 11.3 Å². The Kier molecular flexibility index (Phi) is 3.75. The Morgan fingerprint density at radius 3 is 2.81 bits per heavy atom. The molecule has 0 aliphatic rings. The van der Waals surface area contributed by atoms with E-state index in [1.807, 2.05) is 31.2 Å². The maximum atomic E-state index is 6.08. The third kappa shape index (κ3) is 2.69. The number of aromatic nitrogens is 2. The summed E-state index contributed by atoms with van der Waals surface area (Å²) in [5, 5.41) is 0.946. The first-order valence-corrected chi connectivity index (χ1v) is 7.82. The van der Waals surface area contributed by atoms with Crippen LogP contribution in [0.15, 0.2) is 30.3 Å². The molecule has 0 amide bonds. The molecule has 5 heteroatoms. The van der Waals surface area contributed by atoms with Gasteiger partial charge in [0, 0.05) is 10.4 Å². The Hall–Kier alpha value is -2.14. The fourth-order valence-corrected chi connectivity index (χ4v) is 3.16. The average molecular weight is 299 g/mol. The minimum Gasteiger partial charge on any atom is -0.494 e. The predicted octanol–water partition coefficient (Wildman–Crippen LogP) is 3.90. The zero-order valence-corrected chi connectivity index (χ0v) is 12.9. The van der Waals surface area contributed by atoms with Crippen molar-refractivity contribution in [2.24, 2.45) is 0 Å². The Labute approximate surface area is 127 Å². The summed E-state index contributed by atoms with van der Waals surface area (Å²) in [7, 11) is 0. The van der Waals surface area contributed by atoms with E-state index in [2.05, 4.69) is 23.0 Å². The summed E-state index contributed by atoms with van der Waals surface area (Å²) in [5.41, 5.74) is 7.00. The number of hydrogen-bond donors (Lipinski definition) is 1. The molecule has 0 spiro atoms. The lowest BCUT2D eigenvalue weighted by molar-refractivity contribution is 0.340. The molecule has 0 aliphatic carbocycles. The summed E-state index contributed by atoms with van der Waals surface area (Å²) >= 11 is 1.67. The maximum Gasteiger partial charge on any atom is 0.163 e. The van der Waals surface area contributed by atoms with Crippen LogP contribution in [0.3, 0.4) is 0 Å². The minimum absolute atomic E-state index is 0.535. The van der Waals surface area contributed by atoms with Gasteiger partial charge in [0.15, 0.2) is 5.82 Å². The monoisotopic (exact) mass is 299 g/mol. The molecule has 2 N–H and O–H groups in total. The molecule has 108 valence electrons. The highest BCUT2D eigenvalue weighted by Crippen LogP contribution is 2.31. The van der Waals surface area contributed by atoms with E-state index in [0.29, 0.717) is 18.2 Å². The molecule has 0 aliphatic heterocycles. The summed E-state index contributed by atoms with van der Waals surface area (Å²) in [5.74, 6) is 2.00. The Balaban J connectivity index is 2.09. The zero-order valence-electron chi connectivity index (χ0n) is 12.1. The highest BCUT2D eigenvalue weighted by Gasteiger charge is 2.11. The number of aryl methyl sites for hydroxylation is 1. The van der Waals surface area contributed by atoms with E-state index >= 15 is 0 Å². The number of nitrogen functional groups attached to an aromatic ring is 1. The maximum absolute atomic E-state index is 6.08. The molecule has 2 heterocycles. The third-order valence-electron chi connectivity index (χ3n) is 3.22. The summed E-state index contributed by atoms with van der Waals surface area (Å²) in [6.07, 6.45) is 0.982. The summed E-state index contributed by atoms with van der Waals surface area (Å²) in [4.78, 5) is 11.3. The fourth-order valence-electron chi connectivity index (χ4n) is 2.19. The number of benzene rings is 1. The highest BCUT2D eigenvalue weighted by molar-refractivity contribution is 7.18. The van der Waals surface area contributed by atoms with Crippen molar-refractivity contribution in [2.45, 2.75) is 20.3 Å². The molecular weight excluding hydrogens is 282 g/mol. The van der Waals surface area contributed by atoms with Gasteiger partial charge >= 0.3 is 0 Å². The van der Waals surface area contributed by atoms with Crippen LogP contribution in [0.1, 0.15) is 18.7 Å². The number of thiophene rings is 1. The molecule has 0 radical (unpaired) electrons. The van der Waals surface area contributed by atoms with Crippen molar-refractivity contribution in [2.75, 3.05) is 12.3 Å². The van der Waals surface area contributed by atoms with E-state index in [-0.39, 0.29) is 0 Å². The van der Waals surface area contributed by atoms with Gasteiger partial charge in [0.25, 0.3) is 0 Å². The molecule has 0 atom stereocenters. The van der Waals surface area contributed by atoms with Gasteiger partial charge in [-0.25, -0.2) is 9.97 Å². The zero-order chi connectivity index (χ0) is 14.8. The molecule has 0 saturated carbocycles. The lowest BCUT2D eigenvalue weighted by atomic mass is 10.2.